The summed E-state index contributed by atoms with van der Waals surface area (Å²) in [5.74, 6) is 0.287. The molecule has 22 heavy (non-hydrogen) atoms. The fourth-order valence-corrected chi connectivity index (χ4v) is 2.69. The van der Waals surface area contributed by atoms with Crippen LogP contribution in [-0.4, -0.2) is 38.4 Å². The predicted molar refractivity (Wildman–Crippen MR) is 73.3 cm³/mol. The summed E-state index contributed by atoms with van der Waals surface area (Å²) in [5.41, 5.74) is 0.869. The summed E-state index contributed by atoms with van der Waals surface area (Å²) >= 11 is 0. The smallest absolute Gasteiger partial charge is 0.387 e. The summed E-state index contributed by atoms with van der Waals surface area (Å²) in [7, 11) is 0. The lowest BCUT2D eigenvalue weighted by molar-refractivity contribution is -0.119. The first-order chi connectivity index (χ1) is 10.6. The number of ether oxygens (including phenoxy) is 3. The topological polar surface area (TPSA) is 56.8 Å². The van der Waals surface area contributed by atoms with Crippen molar-refractivity contribution in [1.82, 2.24) is 5.32 Å². The molecule has 0 aliphatic carbocycles. The first-order valence-electron chi connectivity index (χ1n) is 7.21. The van der Waals surface area contributed by atoms with Gasteiger partial charge in [0.2, 0.25) is 5.91 Å². The van der Waals surface area contributed by atoms with E-state index in [4.69, 9.17) is 9.47 Å². The lowest BCUT2D eigenvalue weighted by Gasteiger charge is -2.18. The van der Waals surface area contributed by atoms with Crippen LogP contribution in [0.25, 0.3) is 0 Å². The second-order valence-corrected chi connectivity index (χ2v) is 5.39. The van der Waals surface area contributed by atoms with E-state index < -0.39 is 6.61 Å². The third-order valence-corrected chi connectivity index (χ3v) is 3.81. The minimum Gasteiger partial charge on any atom is -0.484 e. The second kappa shape index (κ2) is 6.48. The van der Waals surface area contributed by atoms with Crippen LogP contribution in [0.1, 0.15) is 24.3 Å². The molecule has 1 aromatic rings. The molecule has 5 nitrogen and oxygen atoms in total. The van der Waals surface area contributed by atoms with Gasteiger partial charge in [0.1, 0.15) is 6.10 Å². The van der Waals surface area contributed by atoms with E-state index in [-0.39, 0.29) is 29.4 Å². The molecule has 1 aromatic carbocycles. The molecule has 2 saturated heterocycles. The zero-order valence-corrected chi connectivity index (χ0v) is 11.9. The molecule has 2 heterocycles. The van der Waals surface area contributed by atoms with Gasteiger partial charge >= 0.3 is 6.61 Å². The maximum absolute atomic E-state index is 12.5. The summed E-state index contributed by atoms with van der Waals surface area (Å²) in [6, 6.07) is 4.84. The Kier molecular flexibility index (Phi) is 4.42. The standard InChI is InChI=1S/C15H17F2NO4/c16-15(17)22-12-2-1-9(10-6-14(19)18-7-10)5-13(12)21-11-3-4-20-8-11/h1-2,5,10-11,15H,3-4,6-8H2,(H,18,19). The molecule has 2 aliphatic heterocycles. The van der Waals surface area contributed by atoms with Crippen molar-refractivity contribution in [2.24, 2.45) is 0 Å². The molecule has 3 rings (SSSR count). The molecule has 120 valence electrons. The molecule has 1 amide bonds. The van der Waals surface area contributed by atoms with Gasteiger partial charge in [0.25, 0.3) is 0 Å². The van der Waals surface area contributed by atoms with Crippen LogP contribution < -0.4 is 14.8 Å². The quantitative estimate of drug-likeness (QED) is 0.904. The highest BCUT2D eigenvalue weighted by Crippen LogP contribution is 2.35. The van der Waals surface area contributed by atoms with Gasteiger partial charge < -0.3 is 19.5 Å². The van der Waals surface area contributed by atoms with Crippen LogP contribution in [0.3, 0.4) is 0 Å². The molecular weight excluding hydrogens is 296 g/mol. The van der Waals surface area contributed by atoms with E-state index in [1.807, 2.05) is 0 Å². The van der Waals surface area contributed by atoms with Gasteiger partial charge in [-0.25, -0.2) is 0 Å². The molecule has 1 N–H and O–H groups in total. The van der Waals surface area contributed by atoms with Gasteiger partial charge in [-0.1, -0.05) is 6.07 Å². The highest BCUT2D eigenvalue weighted by molar-refractivity contribution is 5.79. The molecule has 0 aromatic heterocycles. The number of carbonyl (C=O) groups is 1. The molecule has 2 unspecified atom stereocenters. The average Bonchev–Trinajstić information content (AvgIpc) is 3.12. The van der Waals surface area contributed by atoms with Gasteiger partial charge in [-0.3, -0.25) is 4.79 Å². The highest BCUT2D eigenvalue weighted by atomic mass is 19.3. The second-order valence-electron chi connectivity index (χ2n) is 5.39. The Bertz CT molecular complexity index is 546. The van der Waals surface area contributed by atoms with Crippen molar-refractivity contribution in [2.45, 2.75) is 31.5 Å². The number of rotatable bonds is 5. The minimum atomic E-state index is -2.91. The number of carbonyl (C=O) groups excluding carboxylic acids is 1. The monoisotopic (exact) mass is 313 g/mol. The molecule has 2 aliphatic rings. The Morgan fingerprint density at radius 1 is 1.32 bits per heavy atom. The number of alkyl halides is 2. The lowest BCUT2D eigenvalue weighted by Crippen LogP contribution is -2.17. The maximum Gasteiger partial charge on any atom is 0.387 e. The van der Waals surface area contributed by atoms with Gasteiger partial charge in [0.15, 0.2) is 11.5 Å². The number of amides is 1. The Balaban J connectivity index is 1.82. The zero-order valence-electron chi connectivity index (χ0n) is 11.9. The first-order valence-corrected chi connectivity index (χ1v) is 7.21. The van der Waals surface area contributed by atoms with Gasteiger partial charge in [-0.15, -0.1) is 0 Å². The summed E-state index contributed by atoms with van der Waals surface area (Å²) in [5, 5.41) is 2.76. The fourth-order valence-electron chi connectivity index (χ4n) is 2.69. The zero-order chi connectivity index (χ0) is 15.5. The van der Waals surface area contributed by atoms with Crippen molar-refractivity contribution in [3.63, 3.8) is 0 Å². The summed E-state index contributed by atoms with van der Waals surface area (Å²) in [4.78, 5) is 11.3. The Hall–Kier alpha value is -1.89. The van der Waals surface area contributed by atoms with Crippen LogP contribution in [0.15, 0.2) is 18.2 Å². The van der Waals surface area contributed by atoms with Crippen molar-refractivity contribution in [2.75, 3.05) is 19.8 Å². The molecule has 7 heteroatoms. The van der Waals surface area contributed by atoms with Crippen LogP contribution in [-0.2, 0) is 9.53 Å². The van der Waals surface area contributed by atoms with Crippen molar-refractivity contribution in [1.29, 1.82) is 0 Å². The average molecular weight is 313 g/mol. The van der Waals surface area contributed by atoms with Crippen LogP contribution in [0.2, 0.25) is 0 Å². The van der Waals surface area contributed by atoms with Gasteiger partial charge in [-0.2, -0.15) is 8.78 Å². The number of nitrogens with one attached hydrogen (secondary N) is 1. The van der Waals surface area contributed by atoms with Crippen LogP contribution in [0.4, 0.5) is 8.78 Å². The van der Waals surface area contributed by atoms with Gasteiger partial charge in [-0.05, 0) is 17.7 Å². The Morgan fingerprint density at radius 3 is 2.82 bits per heavy atom. The predicted octanol–water partition coefficient (Wildman–Crippen LogP) is 2.06. The third-order valence-electron chi connectivity index (χ3n) is 3.81. The number of benzene rings is 1. The van der Waals surface area contributed by atoms with Crippen LogP contribution in [0.5, 0.6) is 11.5 Å². The van der Waals surface area contributed by atoms with Crippen molar-refractivity contribution >= 4 is 5.91 Å². The molecular formula is C15H17F2NO4. The van der Waals surface area contributed by atoms with E-state index in [1.54, 1.807) is 12.1 Å². The van der Waals surface area contributed by atoms with Gasteiger partial charge in [0, 0.05) is 25.3 Å². The third kappa shape index (κ3) is 3.47. The molecule has 0 spiro atoms. The number of hydrogen-bond acceptors (Lipinski definition) is 4. The number of halogens is 2. The van der Waals surface area contributed by atoms with Crippen LogP contribution in [0, 0.1) is 0 Å². The fraction of sp³-hybridized carbons (Fsp3) is 0.533. The molecule has 2 atom stereocenters. The number of hydrogen-bond donors (Lipinski definition) is 1. The van der Waals surface area contributed by atoms with Gasteiger partial charge in [0.05, 0.1) is 13.2 Å². The van der Waals surface area contributed by atoms with E-state index in [2.05, 4.69) is 10.1 Å². The highest BCUT2D eigenvalue weighted by Gasteiger charge is 2.26. The largest absolute Gasteiger partial charge is 0.484 e. The first kappa shape index (κ1) is 15.0. The summed E-state index contributed by atoms with van der Waals surface area (Å²) < 4.78 is 40.5. The SMILES string of the molecule is O=C1CC(c2ccc(OC(F)F)c(OC3CCOC3)c2)CN1. The minimum absolute atomic E-state index is 0.00272. The van der Waals surface area contributed by atoms with E-state index >= 15 is 0 Å². The van der Waals surface area contributed by atoms with E-state index in [1.165, 1.54) is 6.07 Å². The van der Waals surface area contributed by atoms with Crippen molar-refractivity contribution in [3.05, 3.63) is 23.8 Å². The summed E-state index contributed by atoms with van der Waals surface area (Å²) in [6.07, 6.45) is 0.932. The summed E-state index contributed by atoms with van der Waals surface area (Å²) in [6.45, 7) is -1.35. The molecule has 0 radical (unpaired) electrons. The van der Waals surface area contributed by atoms with Crippen LogP contribution >= 0.6 is 0 Å². The van der Waals surface area contributed by atoms with Crippen molar-refractivity contribution < 1.29 is 27.8 Å². The molecule has 0 bridgehead atoms. The van der Waals surface area contributed by atoms with Crippen molar-refractivity contribution in [3.8, 4) is 11.5 Å². The Labute approximate surface area is 126 Å². The van der Waals surface area contributed by atoms with E-state index in [0.717, 1.165) is 5.56 Å². The molecule has 2 fully saturated rings. The van der Waals surface area contributed by atoms with E-state index in [0.29, 0.717) is 32.6 Å². The lowest BCUT2D eigenvalue weighted by atomic mass is 9.98. The maximum atomic E-state index is 12.5. The normalized spacial score (nSPS) is 24.6. The molecule has 0 saturated carbocycles. The van der Waals surface area contributed by atoms with E-state index in [9.17, 15) is 13.6 Å². The Morgan fingerprint density at radius 2 is 2.18 bits per heavy atom.